The van der Waals surface area contributed by atoms with Crippen LogP contribution >= 0.6 is 23.4 Å². The maximum atomic E-state index is 13.0. The van der Waals surface area contributed by atoms with Gasteiger partial charge in [0.05, 0.1) is 16.7 Å². The summed E-state index contributed by atoms with van der Waals surface area (Å²) in [5.41, 5.74) is 2.27. The number of thioether (sulfide) groups is 1. The van der Waals surface area contributed by atoms with Gasteiger partial charge in [0, 0.05) is 36.9 Å². The molecule has 0 N–H and O–H groups in total. The van der Waals surface area contributed by atoms with Crippen LogP contribution in [0.1, 0.15) is 12.2 Å². The third-order valence-electron chi connectivity index (χ3n) is 4.58. The highest BCUT2D eigenvalue weighted by molar-refractivity contribution is 7.98. The van der Waals surface area contributed by atoms with Gasteiger partial charge in [-0.1, -0.05) is 58.9 Å². The average molecular weight is 442 g/mol. The lowest BCUT2D eigenvalue weighted by Crippen LogP contribution is -2.24. The van der Waals surface area contributed by atoms with E-state index >= 15 is 0 Å². The number of rotatable bonds is 8. The van der Waals surface area contributed by atoms with Gasteiger partial charge in [0.25, 0.3) is 5.56 Å². The van der Waals surface area contributed by atoms with Crippen LogP contribution < -0.4 is 5.56 Å². The lowest BCUT2D eigenvalue weighted by Gasteiger charge is -2.12. The van der Waals surface area contributed by atoms with E-state index in [-0.39, 0.29) is 5.56 Å². The molecule has 0 bridgehead atoms. The third-order valence-corrected chi connectivity index (χ3v) is 5.82. The number of methoxy groups -OCH3 is 1. The summed E-state index contributed by atoms with van der Waals surface area (Å²) in [6, 6.07) is 16.9. The molecule has 0 fully saturated rings. The minimum atomic E-state index is -0.0854. The first kappa shape index (κ1) is 20.7. The predicted octanol–water partition coefficient (Wildman–Crippen LogP) is 5.03. The van der Waals surface area contributed by atoms with Crippen molar-refractivity contribution in [1.82, 2.24) is 14.7 Å². The molecule has 0 radical (unpaired) electrons. The Labute approximate surface area is 182 Å². The van der Waals surface area contributed by atoms with Gasteiger partial charge in [0.15, 0.2) is 5.16 Å². The number of hydrogen-bond donors (Lipinski definition) is 0. The largest absolute Gasteiger partial charge is 0.385 e. The van der Waals surface area contributed by atoms with Crippen LogP contribution in [0.4, 0.5) is 0 Å². The molecule has 0 amide bonds. The van der Waals surface area contributed by atoms with Crippen LogP contribution in [0.15, 0.2) is 69.1 Å². The van der Waals surface area contributed by atoms with Crippen molar-refractivity contribution < 1.29 is 9.26 Å². The zero-order chi connectivity index (χ0) is 20.9. The van der Waals surface area contributed by atoms with Gasteiger partial charge in [-0.3, -0.25) is 9.36 Å². The molecule has 0 unspecified atom stereocenters. The van der Waals surface area contributed by atoms with Crippen LogP contribution in [-0.2, 0) is 17.0 Å². The molecule has 0 aliphatic heterocycles. The van der Waals surface area contributed by atoms with E-state index in [2.05, 4.69) is 5.16 Å². The second-order valence-electron chi connectivity index (χ2n) is 6.69. The van der Waals surface area contributed by atoms with Gasteiger partial charge in [0.1, 0.15) is 11.5 Å². The van der Waals surface area contributed by atoms with E-state index in [4.69, 9.17) is 25.8 Å². The molecule has 0 aliphatic carbocycles. The maximum absolute atomic E-state index is 13.0. The zero-order valence-corrected chi connectivity index (χ0v) is 17.9. The SMILES string of the molecule is COCCCn1c(SCc2cc(-c3ccccc3)no2)nc2cc(Cl)ccc2c1=O. The second-order valence-corrected chi connectivity index (χ2v) is 8.07. The summed E-state index contributed by atoms with van der Waals surface area (Å²) in [7, 11) is 1.65. The van der Waals surface area contributed by atoms with E-state index in [0.29, 0.717) is 52.2 Å². The van der Waals surface area contributed by atoms with Crippen molar-refractivity contribution in [3.05, 3.63) is 75.7 Å². The van der Waals surface area contributed by atoms with Gasteiger partial charge in [-0.25, -0.2) is 4.98 Å². The van der Waals surface area contributed by atoms with Gasteiger partial charge < -0.3 is 9.26 Å². The van der Waals surface area contributed by atoms with Crippen molar-refractivity contribution >= 4 is 34.3 Å². The summed E-state index contributed by atoms with van der Waals surface area (Å²) in [5, 5.41) is 5.86. The molecule has 4 rings (SSSR count). The first-order valence-corrected chi connectivity index (χ1v) is 10.8. The normalized spacial score (nSPS) is 11.3. The van der Waals surface area contributed by atoms with Crippen molar-refractivity contribution in [2.45, 2.75) is 23.9 Å². The molecule has 0 atom stereocenters. The molecule has 0 aliphatic rings. The van der Waals surface area contributed by atoms with Crippen molar-refractivity contribution in [2.24, 2.45) is 0 Å². The first-order valence-electron chi connectivity index (χ1n) is 9.48. The summed E-state index contributed by atoms with van der Waals surface area (Å²) < 4.78 is 12.3. The van der Waals surface area contributed by atoms with Crippen LogP contribution in [-0.4, -0.2) is 28.4 Å². The molecule has 2 aromatic heterocycles. The Bertz CT molecular complexity index is 1210. The van der Waals surface area contributed by atoms with Crippen molar-refractivity contribution in [3.8, 4) is 11.3 Å². The predicted molar refractivity (Wildman–Crippen MR) is 119 cm³/mol. The molecule has 154 valence electrons. The maximum Gasteiger partial charge on any atom is 0.262 e. The summed E-state index contributed by atoms with van der Waals surface area (Å²) >= 11 is 7.54. The molecule has 2 aromatic carbocycles. The van der Waals surface area contributed by atoms with E-state index in [1.54, 1.807) is 29.9 Å². The molecule has 30 heavy (non-hydrogen) atoms. The first-order chi connectivity index (χ1) is 14.7. The zero-order valence-electron chi connectivity index (χ0n) is 16.4. The molecule has 0 spiro atoms. The lowest BCUT2D eigenvalue weighted by atomic mass is 10.1. The molecule has 6 nitrogen and oxygen atoms in total. The third kappa shape index (κ3) is 4.59. The van der Waals surface area contributed by atoms with Crippen LogP contribution in [0.25, 0.3) is 22.2 Å². The van der Waals surface area contributed by atoms with Gasteiger partial charge >= 0.3 is 0 Å². The van der Waals surface area contributed by atoms with Gasteiger partial charge in [0.2, 0.25) is 0 Å². The second kappa shape index (κ2) is 9.47. The molecular formula is C22H20ClN3O3S. The van der Waals surface area contributed by atoms with Gasteiger partial charge in [-0.15, -0.1) is 0 Å². The monoisotopic (exact) mass is 441 g/mol. The number of fused-ring (bicyclic) bond motifs is 1. The number of benzene rings is 2. The Kier molecular flexibility index (Phi) is 6.52. The molecule has 0 saturated carbocycles. The molecule has 0 saturated heterocycles. The smallest absolute Gasteiger partial charge is 0.262 e. The fourth-order valence-corrected chi connectivity index (χ4v) is 4.18. The highest BCUT2D eigenvalue weighted by atomic mass is 35.5. The molecule has 8 heteroatoms. The molecular weight excluding hydrogens is 422 g/mol. The van der Waals surface area contributed by atoms with Crippen molar-refractivity contribution in [3.63, 3.8) is 0 Å². The highest BCUT2D eigenvalue weighted by Gasteiger charge is 2.14. The quantitative estimate of drug-likeness (QED) is 0.217. The Balaban J connectivity index is 1.61. The topological polar surface area (TPSA) is 70.2 Å². The summed E-state index contributed by atoms with van der Waals surface area (Å²) in [6.07, 6.45) is 0.713. The van der Waals surface area contributed by atoms with E-state index in [9.17, 15) is 4.79 Å². The van der Waals surface area contributed by atoms with Gasteiger partial charge in [-0.05, 0) is 24.6 Å². The summed E-state index contributed by atoms with van der Waals surface area (Å²) in [5.74, 6) is 1.21. The Morgan fingerprint density at radius 2 is 2.00 bits per heavy atom. The fourth-order valence-electron chi connectivity index (χ4n) is 3.11. The van der Waals surface area contributed by atoms with Crippen LogP contribution in [0.5, 0.6) is 0 Å². The van der Waals surface area contributed by atoms with Gasteiger partial charge in [-0.2, -0.15) is 0 Å². The fraction of sp³-hybridized carbons (Fsp3) is 0.227. The highest BCUT2D eigenvalue weighted by Crippen LogP contribution is 2.26. The Hall–Kier alpha value is -2.61. The number of aromatic nitrogens is 3. The minimum Gasteiger partial charge on any atom is -0.385 e. The summed E-state index contributed by atoms with van der Waals surface area (Å²) in [6.45, 7) is 1.09. The minimum absolute atomic E-state index is 0.0854. The van der Waals surface area contributed by atoms with Crippen LogP contribution in [0.2, 0.25) is 5.02 Å². The van der Waals surface area contributed by atoms with E-state index in [1.807, 2.05) is 36.4 Å². The number of nitrogens with zero attached hydrogens (tertiary/aromatic N) is 3. The summed E-state index contributed by atoms with van der Waals surface area (Å²) in [4.78, 5) is 17.7. The Morgan fingerprint density at radius 3 is 2.80 bits per heavy atom. The number of halogens is 1. The van der Waals surface area contributed by atoms with Crippen LogP contribution in [0, 0.1) is 0 Å². The van der Waals surface area contributed by atoms with Crippen molar-refractivity contribution in [2.75, 3.05) is 13.7 Å². The van der Waals surface area contributed by atoms with Crippen LogP contribution in [0.3, 0.4) is 0 Å². The molecule has 4 aromatic rings. The lowest BCUT2D eigenvalue weighted by molar-refractivity contribution is 0.189. The Morgan fingerprint density at radius 1 is 1.17 bits per heavy atom. The number of hydrogen-bond acceptors (Lipinski definition) is 6. The average Bonchev–Trinajstić information content (AvgIpc) is 3.23. The van der Waals surface area contributed by atoms with E-state index < -0.39 is 0 Å². The van der Waals surface area contributed by atoms with E-state index in [0.717, 1.165) is 11.3 Å². The van der Waals surface area contributed by atoms with E-state index in [1.165, 1.54) is 11.8 Å². The van der Waals surface area contributed by atoms with Crippen molar-refractivity contribution in [1.29, 1.82) is 0 Å². The number of ether oxygens (including phenoxy) is 1. The molecule has 2 heterocycles. The standard InChI is InChI=1S/C22H20ClN3O3S/c1-28-11-5-10-26-21(27)18-9-8-16(23)12-20(18)24-22(26)30-14-17-13-19(25-29-17)15-6-3-2-4-7-15/h2-4,6-9,12-13H,5,10-11,14H2,1H3.